The van der Waals surface area contributed by atoms with Crippen molar-refractivity contribution < 1.29 is 0 Å². The zero-order valence-corrected chi connectivity index (χ0v) is 13.1. The Hall–Kier alpha value is -1.72. The summed E-state index contributed by atoms with van der Waals surface area (Å²) in [6, 6.07) is 6.56. The van der Waals surface area contributed by atoms with Crippen LogP contribution >= 0.6 is 12.2 Å². The van der Waals surface area contributed by atoms with E-state index in [0.29, 0.717) is 4.77 Å². The Kier molecular flexibility index (Phi) is 3.78. The second-order valence-electron chi connectivity index (χ2n) is 5.76. The molecule has 0 atom stereocenters. The summed E-state index contributed by atoms with van der Waals surface area (Å²) < 4.78 is 0.409. The Morgan fingerprint density at radius 3 is 2.86 bits per heavy atom. The molecule has 4 nitrogen and oxygen atoms in total. The lowest BCUT2D eigenvalue weighted by atomic mass is 10.0. The van der Waals surface area contributed by atoms with Gasteiger partial charge < -0.3 is 4.98 Å². The Morgan fingerprint density at radius 2 is 2.10 bits per heavy atom. The second-order valence-corrected chi connectivity index (χ2v) is 6.16. The number of aromatic amines is 2. The topological polar surface area (TPSA) is 51.9 Å². The Morgan fingerprint density at radius 1 is 1.29 bits per heavy atom. The van der Waals surface area contributed by atoms with E-state index in [4.69, 9.17) is 12.2 Å². The van der Waals surface area contributed by atoms with Gasteiger partial charge in [-0.2, -0.15) is 0 Å². The molecule has 0 amide bonds. The molecule has 0 unspecified atom stereocenters. The summed E-state index contributed by atoms with van der Waals surface area (Å²) in [5.74, 6) is 0. The molecule has 1 aliphatic heterocycles. The molecule has 2 heterocycles. The van der Waals surface area contributed by atoms with Gasteiger partial charge in [-0.1, -0.05) is 23.8 Å². The first-order valence-corrected chi connectivity index (χ1v) is 7.56. The van der Waals surface area contributed by atoms with Gasteiger partial charge in [-0.3, -0.25) is 14.7 Å². The SMILES string of the molecule is Cc1ccc(CN2CCc3c([nH]c(=S)[nH]c3=O)C2)c(C)c1. The highest BCUT2D eigenvalue weighted by molar-refractivity contribution is 7.71. The van der Waals surface area contributed by atoms with Gasteiger partial charge in [0.1, 0.15) is 0 Å². The molecule has 0 saturated heterocycles. The van der Waals surface area contributed by atoms with E-state index < -0.39 is 0 Å². The standard InChI is InChI=1S/C16H19N3OS/c1-10-3-4-12(11(2)7-10)8-19-6-5-13-14(9-19)17-16(21)18-15(13)20/h3-4,7H,5-6,8-9H2,1-2H3,(H2,17,18,20,21). The molecule has 5 heteroatoms. The van der Waals surface area contributed by atoms with Crippen molar-refractivity contribution in [1.82, 2.24) is 14.9 Å². The zero-order chi connectivity index (χ0) is 15.0. The third-order valence-corrected chi connectivity index (χ3v) is 4.29. The van der Waals surface area contributed by atoms with Crippen molar-refractivity contribution in [3.8, 4) is 0 Å². The molecule has 0 spiro atoms. The summed E-state index contributed by atoms with van der Waals surface area (Å²) in [7, 11) is 0. The van der Waals surface area contributed by atoms with Crippen molar-refractivity contribution in [1.29, 1.82) is 0 Å². The quantitative estimate of drug-likeness (QED) is 0.838. The van der Waals surface area contributed by atoms with E-state index in [1.807, 2.05) is 0 Å². The van der Waals surface area contributed by atoms with Crippen molar-refractivity contribution >= 4 is 12.2 Å². The first-order chi connectivity index (χ1) is 10.0. The van der Waals surface area contributed by atoms with E-state index in [1.165, 1.54) is 16.7 Å². The minimum atomic E-state index is -0.0417. The molecule has 110 valence electrons. The van der Waals surface area contributed by atoms with Gasteiger partial charge in [0.2, 0.25) is 0 Å². The molecule has 3 rings (SSSR count). The van der Waals surface area contributed by atoms with Gasteiger partial charge in [0.05, 0.1) is 0 Å². The third-order valence-electron chi connectivity index (χ3n) is 4.08. The third kappa shape index (κ3) is 2.99. The molecular formula is C16H19N3OS. The number of benzene rings is 1. The number of hydrogen-bond donors (Lipinski definition) is 2. The van der Waals surface area contributed by atoms with Crippen molar-refractivity contribution in [2.45, 2.75) is 33.4 Å². The van der Waals surface area contributed by atoms with Crippen LogP contribution in [-0.4, -0.2) is 21.4 Å². The molecule has 0 saturated carbocycles. The summed E-state index contributed by atoms with van der Waals surface area (Å²) in [6.45, 7) is 6.81. The zero-order valence-electron chi connectivity index (χ0n) is 12.3. The van der Waals surface area contributed by atoms with Crippen LogP contribution < -0.4 is 5.56 Å². The van der Waals surface area contributed by atoms with Crippen LogP contribution in [0.15, 0.2) is 23.0 Å². The molecule has 0 fully saturated rings. The highest BCUT2D eigenvalue weighted by Crippen LogP contribution is 2.18. The average Bonchev–Trinajstić information content (AvgIpc) is 2.41. The molecule has 0 radical (unpaired) electrons. The number of rotatable bonds is 2. The molecule has 21 heavy (non-hydrogen) atoms. The Labute approximate surface area is 128 Å². The van der Waals surface area contributed by atoms with Gasteiger partial charge >= 0.3 is 0 Å². The molecule has 2 N–H and O–H groups in total. The maximum atomic E-state index is 11.9. The van der Waals surface area contributed by atoms with Crippen molar-refractivity contribution in [3.05, 3.63) is 61.3 Å². The Bertz CT molecular complexity index is 791. The van der Waals surface area contributed by atoms with E-state index in [-0.39, 0.29) is 5.56 Å². The van der Waals surface area contributed by atoms with Gasteiger partial charge in [-0.05, 0) is 43.6 Å². The lowest BCUT2D eigenvalue weighted by Crippen LogP contribution is -2.35. The van der Waals surface area contributed by atoms with Gasteiger partial charge in [-0.15, -0.1) is 0 Å². The minimum absolute atomic E-state index is 0.0417. The van der Waals surface area contributed by atoms with Crippen LogP contribution in [0.25, 0.3) is 0 Å². The van der Waals surface area contributed by atoms with Crippen LogP contribution in [-0.2, 0) is 19.5 Å². The van der Waals surface area contributed by atoms with E-state index in [0.717, 1.165) is 37.3 Å². The van der Waals surface area contributed by atoms with Gasteiger partial charge in [0.25, 0.3) is 5.56 Å². The molecule has 1 aliphatic rings. The largest absolute Gasteiger partial charge is 0.334 e. The first kappa shape index (κ1) is 14.2. The first-order valence-electron chi connectivity index (χ1n) is 7.16. The predicted octanol–water partition coefficient (Wildman–Crippen LogP) is 2.61. The van der Waals surface area contributed by atoms with Gasteiger partial charge in [0, 0.05) is 30.9 Å². The van der Waals surface area contributed by atoms with Crippen LogP contribution in [0.1, 0.15) is 27.9 Å². The summed E-state index contributed by atoms with van der Waals surface area (Å²) in [5, 5.41) is 0. The van der Waals surface area contributed by atoms with Crippen LogP contribution in [0.5, 0.6) is 0 Å². The van der Waals surface area contributed by atoms with E-state index in [9.17, 15) is 4.79 Å². The number of nitrogens with one attached hydrogen (secondary N) is 2. The monoisotopic (exact) mass is 301 g/mol. The fraction of sp³-hybridized carbons (Fsp3) is 0.375. The number of fused-ring (bicyclic) bond motifs is 1. The van der Waals surface area contributed by atoms with Crippen LogP contribution in [0, 0.1) is 18.6 Å². The van der Waals surface area contributed by atoms with Crippen LogP contribution in [0.2, 0.25) is 0 Å². The molecule has 1 aromatic heterocycles. The minimum Gasteiger partial charge on any atom is -0.334 e. The summed E-state index contributed by atoms with van der Waals surface area (Å²) >= 11 is 5.06. The lowest BCUT2D eigenvalue weighted by Gasteiger charge is -2.28. The normalized spacial score (nSPS) is 15.0. The average molecular weight is 301 g/mol. The van der Waals surface area contributed by atoms with E-state index in [2.05, 4.69) is 46.9 Å². The number of aromatic nitrogens is 2. The van der Waals surface area contributed by atoms with Gasteiger partial charge in [-0.25, -0.2) is 0 Å². The van der Waals surface area contributed by atoms with Gasteiger partial charge in [0.15, 0.2) is 4.77 Å². The van der Waals surface area contributed by atoms with Crippen LogP contribution in [0.4, 0.5) is 0 Å². The fourth-order valence-corrected chi connectivity index (χ4v) is 3.15. The van der Waals surface area contributed by atoms with E-state index in [1.54, 1.807) is 0 Å². The maximum Gasteiger partial charge on any atom is 0.255 e. The molecular weight excluding hydrogens is 282 g/mol. The second kappa shape index (κ2) is 5.58. The number of H-pyrrole nitrogens is 2. The summed E-state index contributed by atoms with van der Waals surface area (Å²) in [6.07, 6.45) is 0.766. The van der Waals surface area contributed by atoms with Crippen molar-refractivity contribution in [3.63, 3.8) is 0 Å². The number of nitrogens with zero attached hydrogens (tertiary/aromatic N) is 1. The summed E-state index contributed by atoms with van der Waals surface area (Å²) in [5.41, 5.74) is 5.71. The van der Waals surface area contributed by atoms with Crippen molar-refractivity contribution in [2.24, 2.45) is 0 Å². The molecule has 1 aromatic carbocycles. The Balaban J connectivity index is 1.83. The van der Waals surface area contributed by atoms with Crippen LogP contribution in [0.3, 0.4) is 0 Å². The summed E-state index contributed by atoms with van der Waals surface area (Å²) in [4.78, 5) is 20.0. The molecule has 0 bridgehead atoms. The highest BCUT2D eigenvalue weighted by Gasteiger charge is 2.19. The number of aryl methyl sites for hydroxylation is 2. The highest BCUT2D eigenvalue weighted by atomic mass is 32.1. The molecule has 0 aliphatic carbocycles. The van der Waals surface area contributed by atoms with Crippen molar-refractivity contribution in [2.75, 3.05) is 6.54 Å². The molecule has 2 aromatic rings. The number of hydrogen-bond acceptors (Lipinski definition) is 3. The van der Waals surface area contributed by atoms with E-state index >= 15 is 0 Å². The lowest BCUT2D eigenvalue weighted by molar-refractivity contribution is 0.240. The predicted molar refractivity (Wildman–Crippen MR) is 86.0 cm³/mol. The fourth-order valence-electron chi connectivity index (χ4n) is 2.93. The maximum absolute atomic E-state index is 11.9. The smallest absolute Gasteiger partial charge is 0.255 e.